The third-order valence-corrected chi connectivity index (χ3v) is 3.70. The second kappa shape index (κ2) is 5.55. The van der Waals surface area contributed by atoms with Gasteiger partial charge in [0.1, 0.15) is 5.66 Å². The average Bonchev–Trinajstić information content (AvgIpc) is 2.47. The third-order valence-electron chi connectivity index (χ3n) is 3.70. The predicted octanol–water partition coefficient (Wildman–Crippen LogP) is 2.93. The highest BCUT2D eigenvalue weighted by atomic mass is 15.0. The Balaban J connectivity index is 2.58. The van der Waals surface area contributed by atoms with E-state index in [-0.39, 0.29) is 0 Å². The molecule has 0 heterocycles. The fraction of sp³-hybridized carbons (Fsp3) is 0.294. The first-order chi connectivity index (χ1) is 9.11. The average molecular weight is 254 g/mol. The summed E-state index contributed by atoms with van der Waals surface area (Å²) in [5.74, 6) is 0. The largest absolute Gasteiger partial charge is 0.306 e. The van der Waals surface area contributed by atoms with Gasteiger partial charge in [0.2, 0.25) is 0 Å². The molecule has 0 atom stereocenters. The van der Waals surface area contributed by atoms with Crippen molar-refractivity contribution in [1.29, 1.82) is 0 Å². The van der Waals surface area contributed by atoms with Gasteiger partial charge in [-0.2, -0.15) is 0 Å². The molecule has 2 aromatic carbocycles. The van der Waals surface area contributed by atoms with Crippen LogP contribution in [0.15, 0.2) is 48.5 Å². The summed E-state index contributed by atoms with van der Waals surface area (Å²) in [5.41, 5.74) is 16.5. The van der Waals surface area contributed by atoms with Crippen LogP contribution in [0.25, 0.3) is 0 Å². The van der Waals surface area contributed by atoms with Crippen LogP contribution in [0, 0.1) is 0 Å². The molecule has 2 nitrogen and oxygen atoms in total. The zero-order chi connectivity index (χ0) is 13.9. The summed E-state index contributed by atoms with van der Waals surface area (Å²) in [5, 5.41) is 0. The van der Waals surface area contributed by atoms with Crippen LogP contribution in [0.1, 0.15) is 36.1 Å². The zero-order valence-corrected chi connectivity index (χ0v) is 11.7. The standard InChI is InChI=1S/C17H22N2/c1-3-13-9-8-12-16(15(13)4-2)17(18,19)14-10-6-5-7-11-14/h5-12H,3-4,18-19H2,1-2H3. The Labute approximate surface area is 115 Å². The fourth-order valence-corrected chi connectivity index (χ4v) is 2.64. The summed E-state index contributed by atoms with van der Waals surface area (Å²) >= 11 is 0. The highest BCUT2D eigenvalue weighted by molar-refractivity contribution is 5.45. The predicted molar refractivity (Wildman–Crippen MR) is 80.8 cm³/mol. The van der Waals surface area contributed by atoms with Gasteiger partial charge in [0.25, 0.3) is 0 Å². The summed E-state index contributed by atoms with van der Waals surface area (Å²) in [6.45, 7) is 4.31. The van der Waals surface area contributed by atoms with Crippen molar-refractivity contribution in [3.8, 4) is 0 Å². The molecule has 2 rings (SSSR count). The summed E-state index contributed by atoms with van der Waals surface area (Å²) in [7, 11) is 0. The van der Waals surface area contributed by atoms with Crippen molar-refractivity contribution in [3.05, 3.63) is 70.8 Å². The van der Waals surface area contributed by atoms with E-state index in [2.05, 4.69) is 19.9 Å². The Morgan fingerprint density at radius 3 is 2.11 bits per heavy atom. The first kappa shape index (κ1) is 13.8. The number of benzene rings is 2. The van der Waals surface area contributed by atoms with Gasteiger partial charge < -0.3 is 11.5 Å². The van der Waals surface area contributed by atoms with E-state index >= 15 is 0 Å². The van der Waals surface area contributed by atoms with Crippen LogP contribution in [-0.2, 0) is 18.5 Å². The first-order valence-electron chi connectivity index (χ1n) is 6.85. The van der Waals surface area contributed by atoms with Gasteiger partial charge in [0, 0.05) is 0 Å². The smallest absolute Gasteiger partial charge is 0.117 e. The van der Waals surface area contributed by atoms with Gasteiger partial charge >= 0.3 is 0 Å². The lowest BCUT2D eigenvalue weighted by Gasteiger charge is -2.29. The van der Waals surface area contributed by atoms with Crippen LogP contribution in [0.4, 0.5) is 0 Å². The molecule has 19 heavy (non-hydrogen) atoms. The van der Waals surface area contributed by atoms with Gasteiger partial charge in [-0.3, -0.25) is 0 Å². The molecule has 0 amide bonds. The highest BCUT2D eigenvalue weighted by Crippen LogP contribution is 2.27. The van der Waals surface area contributed by atoms with Crippen LogP contribution < -0.4 is 11.5 Å². The van der Waals surface area contributed by atoms with E-state index in [1.54, 1.807) is 0 Å². The summed E-state index contributed by atoms with van der Waals surface area (Å²) in [6.07, 6.45) is 1.95. The molecule has 0 saturated heterocycles. The fourth-order valence-electron chi connectivity index (χ4n) is 2.64. The van der Waals surface area contributed by atoms with Crippen molar-refractivity contribution >= 4 is 0 Å². The van der Waals surface area contributed by atoms with E-state index in [0.29, 0.717) is 0 Å². The van der Waals surface area contributed by atoms with E-state index in [1.807, 2.05) is 42.5 Å². The molecular formula is C17H22N2. The molecule has 0 saturated carbocycles. The van der Waals surface area contributed by atoms with Gasteiger partial charge in [-0.1, -0.05) is 62.4 Å². The van der Waals surface area contributed by atoms with Gasteiger partial charge in [0.15, 0.2) is 0 Å². The Morgan fingerprint density at radius 1 is 0.842 bits per heavy atom. The van der Waals surface area contributed by atoms with Crippen LogP contribution in [-0.4, -0.2) is 0 Å². The quantitative estimate of drug-likeness (QED) is 0.824. The molecule has 0 aliphatic rings. The van der Waals surface area contributed by atoms with Crippen molar-refractivity contribution < 1.29 is 0 Å². The highest BCUT2D eigenvalue weighted by Gasteiger charge is 2.27. The summed E-state index contributed by atoms with van der Waals surface area (Å²) in [4.78, 5) is 0. The number of hydrogen-bond donors (Lipinski definition) is 2. The molecule has 0 radical (unpaired) electrons. The third kappa shape index (κ3) is 2.55. The molecule has 0 aliphatic carbocycles. The lowest BCUT2D eigenvalue weighted by Crippen LogP contribution is -2.47. The maximum absolute atomic E-state index is 6.44. The maximum atomic E-state index is 6.44. The number of hydrogen-bond acceptors (Lipinski definition) is 2. The second-order valence-corrected chi connectivity index (χ2v) is 4.89. The van der Waals surface area contributed by atoms with Crippen LogP contribution in [0.5, 0.6) is 0 Å². The molecule has 0 bridgehead atoms. The molecule has 0 unspecified atom stereocenters. The van der Waals surface area contributed by atoms with E-state index in [4.69, 9.17) is 11.5 Å². The van der Waals surface area contributed by atoms with E-state index in [0.717, 1.165) is 24.0 Å². The minimum absolute atomic E-state index is 0.933. The van der Waals surface area contributed by atoms with Gasteiger partial charge in [0.05, 0.1) is 0 Å². The normalized spacial score (nSPS) is 11.6. The van der Waals surface area contributed by atoms with Crippen LogP contribution in [0.2, 0.25) is 0 Å². The Hall–Kier alpha value is -1.64. The Kier molecular flexibility index (Phi) is 4.03. The summed E-state index contributed by atoms with van der Waals surface area (Å²) < 4.78 is 0. The molecule has 0 aliphatic heterocycles. The van der Waals surface area contributed by atoms with Crippen molar-refractivity contribution in [2.24, 2.45) is 11.5 Å². The first-order valence-corrected chi connectivity index (χ1v) is 6.85. The topological polar surface area (TPSA) is 52.0 Å². The minimum atomic E-state index is -0.933. The SMILES string of the molecule is CCc1cccc(C(N)(N)c2ccccc2)c1CC. The van der Waals surface area contributed by atoms with E-state index < -0.39 is 5.66 Å². The van der Waals surface area contributed by atoms with Gasteiger partial charge in [-0.25, -0.2) is 0 Å². The van der Waals surface area contributed by atoms with Gasteiger partial charge in [-0.15, -0.1) is 0 Å². The van der Waals surface area contributed by atoms with Crippen LogP contribution >= 0.6 is 0 Å². The zero-order valence-electron chi connectivity index (χ0n) is 11.7. The van der Waals surface area contributed by atoms with Crippen molar-refractivity contribution in [2.75, 3.05) is 0 Å². The van der Waals surface area contributed by atoms with Crippen molar-refractivity contribution in [2.45, 2.75) is 32.4 Å². The molecular weight excluding hydrogens is 232 g/mol. The number of aryl methyl sites for hydroxylation is 1. The van der Waals surface area contributed by atoms with E-state index in [1.165, 1.54) is 11.1 Å². The molecule has 2 aromatic rings. The maximum Gasteiger partial charge on any atom is 0.117 e. The van der Waals surface area contributed by atoms with Crippen molar-refractivity contribution in [1.82, 2.24) is 0 Å². The molecule has 100 valence electrons. The van der Waals surface area contributed by atoms with Crippen molar-refractivity contribution in [3.63, 3.8) is 0 Å². The van der Waals surface area contributed by atoms with Gasteiger partial charge in [-0.05, 0) is 35.1 Å². The van der Waals surface area contributed by atoms with E-state index in [9.17, 15) is 0 Å². The number of rotatable bonds is 4. The van der Waals surface area contributed by atoms with Crippen LogP contribution in [0.3, 0.4) is 0 Å². The lowest BCUT2D eigenvalue weighted by molar-refractivity contribution is 0.560. The lowest BCUT2D eigenvalue weighted by atomic mass is 9.86. The number of nitrogens with two attached hydrogens (primary N) is 2. The Bertz CT molecular complexity index is 544. The molecule has 0 aromatic heterocycles. The molecule has 2 heteroatoms. The molecule has 4 N–H and O–H groups in total. The molecule has 0 fully saturated rings. The monoisotopic (exact) mass is 254 g/mol. The Morgan fingerprint density at radius 2 is 1.53 bits per heavy atom. The summed E-state index contributed by atoms with van der Waals surface area (Å²) in [6, 6.07) is 16.1. The molecule has 0 spiro atoms. The minimum Gasteiger partial charge on any atom is -0.306 e. The second-order valence-electron chi connectivity index (χ2n) is 4.89.